The van der Waals surface area contributed by atoms with Crippen LogP contribution in [0.2, 0.25) is 5.02 Å². The summed E-state index contributed by atoms with van der Waals surface area (Å²) in [6.45, 7) is 4.01. The van der Waals surface area contributed by atoms with Crippen molar-refractivity contribution in [1.82, 2.24) is 5.16 Å². The number of halogens is 1. The van der Waals surface area contributed by atoms with Crippen LogP contribution in [0.4, 0.5) is 5.69 Å². The molecule has 4 nitrogen and oxygen atoms in total. The monoisotopic (exact) mass is 376 g/mol. The largest absolute Gasteiger partial charge is 0.355 e. The summed E-state index contributed by atoms with van der Waals surface area (Å²) in [4.78, 5) is 12.7. The number of carbonyl (C=O) groups excluding carboxylic acids is 1. The van der Waals surface area contributed by atoms with Crippen LogP contribution in [0.3, 0.4) is 0 Å². The number of amides is 1. The molecule has 0 aliphatic carbocycles. The molecule has 3 aromatic carbocycles. The fourth-order valence-corrected chi connectivity index (χ4v) is 3.27. The van der Waals surface area contributed by atoms with Gasteiger partial charge in [0, 0.05) is 21.8 Å². The second kappa shape index (κ2) is 6.89. The van der Waals surface area contributed by atoms with E-state index in [1.807, 2.05) is 38.1 Å². The molecule has 27 heavy (non-hydrogen) atoms. The summed E-state index contributed by atoms with van der Waals surface area (Å²) >= 11 is 5.96. The highest BCUT2D eigenvalue weighted by Crippen LogP contribution is 2.30. The minimum absolute atomic E-state index is 0.176. The summed E-state index contributed by atoms with van der Waals surface area (Å²) in [6.07, 6.45) is 0. The third-order valence-corrected chi connectivity index (χ3v) is 4.58. The van der Waals surface area contributed by atoms with Crippen molar-refractivity contribution in [3.63, 3.8) is 0 Å². The van der Waals surface area contributed by atoms with Gasteiger partial charge < -0.3 is 9.84 Å². The molecule has 0 atom stereocenters. The van der Waals surface area contributed by atoms with E-state index in [1.165, 1.54) is 0 Å². The Labute approximate surface area is 161 Å². The molecule has 1 heterocycles. The Morgan fingerprint density at radius 3 is 2.37 bits per heavy atom. The first kappa shape index (κ1) is 17.3. The van der Waals surface area contributed by atoms with Crippen molar-refractivity contribution in [2.75, 3.05) is 5.32 Å². The van der Waals surface area contributed by atoms with Gasteiger partial charge in [0.1, 0.15) is 5.52 Å². The van der Waals surface area contributed by atoms with Gasteiger partial charge in [-0.05, 0) is 79.6 Å². The summed E-state index contributed by atoms with van der Waals surface area (Å²) in [5.41, 5.74) is 5.08. The number of aromatic nitrogens is 1. The number of benzene rings is 3. The highest BCUT2D eigenvalue weighted by Gasteiger charge is 2.14. The molecule has 0 aliphatic rings. The number of hydrogen-bond acceptors (Lipinski definition) is 3. The van der Waals surface area contributed by atoms with Crippen molar-refractivity contribution in [2.45, 2.75) is 13.8 Å². The molecule has 1 N–H and O–H groups in total. The van der Waals surface area contributed by atoms with Crippen molar-refractivity contribution < 1.29 is 9.32 Å². The molecule has 0 unspecified atom stereocenters. The highest BCUT2D eigenvalue weighted by molar-refractivity contribution is 6.30. The van der Waals surface area contributed by atoms with Gasteiger partial charge in [0.15, 0.2) is 5.76 Å². The van der Waals surface area contributed by atoms with E-state index in [-0.39, 0.29) is 5.91 Å². The molecule has 134 valence electrons. The van der Waals surface area contributed by atoms with Gasteiger partial charge in [-0.2, -0.15) is 0 Å². The van der Waals surface area contributed by atoms with E-state index in [0.717, 1.165) is 27.8 Å². The van der Waals surface area contributed by atoms with Gasteiger partial charge in [-0.25, -0.2) is 0 Å². The third-order valence-electron chi connectivity index (χ3n) is 4.32. The van der Waals surface area contributed by atoms with Gasteiger partial charge in [-0.1, -0.05) is 22.8 Å². The normalized spacial score (nSPS) is 10.9. The molecule has 4 aromatic rings. The second-order valence-corrected chi connectivity index (χ2v) is 7.02. The average molecular weight is 377 g/mol. The Bertz CT molecular complexity index is 1130. The number of anilines is 1. The predicted molar refractivity (Wildman–Crippen MR) is 108 cm³/mol. The summed E-state index contributed by atoms with van der Waals surface area (Å²) in [6, 6.07) is 18.6. The molecule has 0 spiro atoms. The highest BCUT2D eigenvalue weighted by atomic mass is 35.5. The smallest absolute Gasteiger partial charge is 0.255 e. The van der Waals surface area contributed by atoms with Gasteiger partial charge >= 0.3 is 0 Å². The van der Waals surface area contributed by atoms with Crippen molar-refractivity contribution in [2.24, 2.45) is 0 Å². The van der Waals surface area contributed by atoms with Crippen LogP contribution in [0, 0.1) is 13.8 Å². The Hall–Kier alpha value is -3.11. The summed E-state index contributed by atoms with van der Waals surface area (Å²) in [5.74, 6) is 0.438. The van der Waals surface area contributed by atoms with E-state index in [1.54, 1.807) is 30.3 Å². The first-order chi connectivity index (χ1) is 13.0. The van der Waals surface area contributed by atoms with Crippen LogP contribution < -0.4 is 5.32 Å². The molecule has 0 radical (unpaired) electrons. The molecule has 0 saturated heterocycles. The number of carbonyl (C=O) groups is 1. The van der Waals surface area contributed by atoms with Gasteiger partial charge in [-0.15, -0.1) is 0 Å². The fraction of sp³-hybridized carbons (Fsp3) is 0.0909. The van der Waals surface area contributed by atoms with Crippen LogP contribution in [0.25, 0.3) is 22.2 Å². The number of aryl methyl sites for hydroxylation is 2. The van der Waals surface area contributed by atoms with E-state index < -0.39 is 0 Å². The van der Waals surface area contributed by atoms with E-state index in [2.05, 4.69) is 16.5 Å². The molecule has 1 aromatic heterocycles. The topological polar surface area (TPSA) is 55.1 Å². The summed E-state index contributed by atoms with van der Waals surface area (Å²) in [7, 11) is 0. The lowest BCUT2D eigenvalue weighted by molar-refractivity contribution is 0.102. The SMILES string of the molecule is Cc1cc(C)cc(NC(=O)c2ccc3noc(-c4ccc(Cl)cc4)c3c2)c1. The Kier molecular flexibility index (Phi) is 4.42. The molecule has 4 rings (SSSR count). The molecule has 0 fully saturated rings. The molecular weight excluding hydrogens is 360 g/mol. The Morgan fingerprint density at radius 1 is 0.963 bits per heavy atom. The lowest BCUT2D eigenvalue weighted by atomic mass is 10.1. The number of hydrogen-bond donors (Lipinski definition) is 1. The van der Waals surface area contributed by atoms with Crippen molar-refractivity contribution in [3.05, 3.63) is 82.4 Å². The van der Waals surface area contributed by atoms with Crippen LogP contribution in [-0.2, 0) is 0 Å². The van der Waals surface area contributed by atoms with Crippen LogP contribution in [0.5, 0.6) is 0 Å². The van der Waals surface area contributed by atoms with E-state index in [4.69, 9.17) is 16.1 Å². The molecular formula is C22H17ClN2O2. The molecule has 0 saturated carbocycles. The first-order valence-electron chi connectivity index (χ1n) is 8.54. The number of rotatable bonds is 3. The lowest BCUT2D eigenvalue weighted by Gasteiger charge is -2.08. The number of nitrogens with one attached hydrogen (secondary N) is 1. The van der Waals surface area contributed by atoms with E-state index in [9.17, 15) is 4.79 Å². The van der Waals surface area contributed by atoms with E-state index >= 15 is 0 Å². The maximum atomic E-state index is 12.7. The van der Waals surface area contributed by atoms with Crippen molar-refractivity contribution >= 4 is 34.1 Å². The van der Waals surface area contributed by atoms with Gasteiger partial charge in [0.2, 0.25) is 0 Å². The zero-order valence-electron chi connectivity index (χ0n) is 14.9. The summed E-state index contributed by atoms with van der Waals surface area (Å²) < 4.78 is 5.50. The number of nitrogens with zero attached hydrogens (tertiary/aromatic N) is 1. The Morgan fingerprint density at radius 2 is 1.67 bits per heavy atom. The molecule has 5 heteroatoms. The fourth-order valence-electron chi connectivity index (χ4n) is 3.14. The standard InChI is InChI=1S/C22H17ClN2O2/c1-13-9-14(2)11-18(10-13)24-22(26)16-5-8-20-19(12-16)21(27-25-20)15-3-6-17(23)7-4-15/h3-12H,1-2H3,(H,24,26). The van der Waals surface area contributed by atoms with Crippen LogP contribution in [-0.4, -0.2) is 11.1 Å². The lowest BCUT2D eigenvalue weighted by Crippen LogP contribution is -2.12. The van der Waals surface area contributed by atoms with Gasteiger partial charge in [-0.3, -0.25) is 4.79 Å². The first-order valence-corrected chi connectivity index (χ1v) is 8.92. The zero-order chi connectivity index (χ0) is 19.0. The van der Waals surface area contributed by atoms with Gasteiger partial charge in [0.25, 0.3) is 5.91 Å². The quantitative estimate of drug-likeness (QED) is 0.475. The number of fused-ring (bicyclic) bond motifs is 1. The van der Waals surface area contributed by atoms with Crippen molar-refractivity contribution in [3.8, 4) is 11.3 Å². The average Bonchev–Trinajstić information content (AvgIpc) is 3.04. The maximum absolute atomic E-state index is 12.7. The van der Waals surface area contributed by atoms with E-state index in [0.29, 0.717) is 21.9 Å². The minimum Gasteiger partial charge on any atom is -0.355 e. The van der Waals surface area contributed by atoms with Crippen LogP contribution in [0.1, 0.15) is 21.5 Å². The predicted octanol–water partition coefficient (Wildman–Crippen LogP) is 6.02. The third kappa shape index (κ3) is 3.57. The Balaban J connectivity index is 1.69. The van der Waals surface area contributed by atoms with Crippen molar-refractivity contribution in [1.29, 1.82) is 0 Å². The maximum Gasteiger partial charge on any atom is 0.255 e. The zero-order valence-corrected chi connectivity index (χ0v) is 15.7. The molecule has 1 amide bonds. The molecule has 0 aliphatic heterocycles. The molecule has 0 bridgehead atoms. The summed E-state index contributed by atoms with van der Waals surface area (Å²) in [5, 5.41) is 8.47. The van der Waals surface area contributed by atoms with Crippen LogP contribution >= 0.6 is 11.6 Å². The van der Waals surface area contributed by atoms with Gasteiger partial charge in [0.05, 0.1) is 5.39 Å². The second-order valence-electron chi connectivity index (χ2n) is 6.58. The van der Waals surface area contributed by atoms with Crippen LogP contribution in [0.15, 0.2) is 65.2 Å². The minimum atomic E-state index is -0.176.